The van der Waals surface area contributed by atoms with E-state index in [9.17, 15) is 112 Å². The molecule has 4 heterocycles. The fraction of sp³-hybridized carbons (Fsp3) is 0.603. The minimum Gasteiger partial charge on any atom is -0.481 e. The van der Waals surface area contributed by atoms with Crippen LogP contribution in [0, 0.1) is 12.3 Å². The van der Waals surface area contributed by atoms with Crippen LogP contribution >= 0.6 is 11.8 Å². The van der Waals surface area contributed by atoms with Gasteiger partial charge in [0.1, 0.15) is 48.3 Å². The fourth-order valence-corrected chi connectivity index (χ4v) is 13.0. The zero-order valence-corrected chi connectivity index (χ0v) is 61.5. The Hall–Kier alpha value is -11.1. The number of carboxylic acids is 2. The zero-order valence-electron chi connectivity index (χ0n) is 60.7. The number of aliphatic hydroxyl groups excluding tert-OH is 2. The van der Waals surface area contributed by atoms with E-state index in [2.05, 4.69) is 86.9 Å². The van der Waals surface area contributed by atoms with E-state index >= 15 is 0 Å². The lowest BCUT2D eigenvalue weighted by atomic mass is 10.0. The molecule has 0 aromatic carbocycles. The molecular weight excluding hydrogens is 1470 g/mol. The van der Waals surface area contributed by atoms with Crippen molar-refractivity contribution in [2.24, 2.45) is 11.5 Å². The summed E-state index contributed by atoms with van der Waals surface area (Å²) in [6, 6.07) is -12.0. The van der Waals surface area contributed by atoms with Crippen molar-refractivity contribution in [3.05, 3.63) is 36.7 Å². The number of thioether (sulfide) groups is 1. The number of hydrogen-bond donors (Lipinski definition) is 20. The van der Waals surface area contributed by atoms with Crippen molar-refractivity contribution < 1.29 is 112 Å². The molecule has 17 amide bonds. The number of carbonyl (C=O) groups excluding carboxylic acids is 17. The second-order valence-corrected chi connectivity index (χ2v) is 27.2. The first-order chi connectivity index (χ1) is 52.4. The number of nitrogens with zero attached hydrogens (tertiary/aromatic N) is 2. The van der Waals surface area contributed by atoms with Crippen LogP contribution in [0.4, 0.5) is 0 Å². The van der Waals surface area contributed by atoms with Gasteiger partial charge in [-0.15, -0.1) is 12.3 Å². The summed E-state index contributed by atoms with van der Waals surface area (Å²) in [6.07, 6.45) is 9.04. The number of terminal acetylenes is 1. The average Bonchev–Trinajstić information content (AvgIpc) is 1.66. The summed E-state index contributed by atoms with van der Waals surface area (Å²) in [4.78, 5) is 246. The van der Waals surface area contributed by atoms with Crippen LogP contribution in [-0.4, -0.2) is 273 Å². The van der Waals surface area contributed by atoms with E-state index in [1.54, 1.807) is 0 Å². The molecule has 41 nitrogen and oxygen atoms in total. The minimum absolute atomic E-state index is 0.00508. The van der Waals surface area contributed by atoms with Gasteiger partial charge in [0.25, 0.3) is 23.6 Å². The van der Waals surface area contributed by atoms with Crippen LogP contribution < -0.4 is 85.9 Å². The third kappa shape index (κ3) is 32.8. The molecule has 0 bridgehead atoms. The van der Waals surface area contributed by atoms with Gasteiger partial charge in [-0.05, 0) is 90.0 Å². The second kappa shape index (κ2) is 48.4. The number of carboxylic acid groups (broad SMARTS) is 2. The van der Waals surface area contributed by atoms with Crippen LogP contribution in [0.15, 0.2) is 36.7 Å². The molecule has 110 heavy (non-hydrogen) atoms. The highest BCUT2D eigenvalue weighted by Gasteiger charge is 2.41. The van der Waals surface area contributed by atoms with Crippen LogP contribution in [-0.2, 0) is 91.1 Å². The first kappa shape index (κ1) is 91.3. The lowest BCUT2D eigenvalue weighted by Gasteiger charge is -2.25. The third-order valence-corrected chi connectivity index (χ3v) is 19.0. The first-order valence-corrected chi connectivity index (χ1v) is 36.9. The van der Waals surface area contributed by atoms with Gasteiger partial charge >= 0.3 is 11.9 Å². The largest absolute Gasteiger partial charge is 0.481 e. The maximum absolute atomic E-state index is 14.0. The summed E-state index contributed by atoms with van der Waals surface area (Å²) in [5, 5.41) is 75.1. The molecule has 8 unspecified atom stereocenters. The summed E-state index contributed by atoms with van der Waals surface area (Å²) in [7, 11) is 0. The summed E-state index contributed by atoms with van der Waals surface area (Å²) < 4.78 is 0. The van der Waals surface area contributed by atoms with Crippen molar-refractivity contribution in [3.63, 3.8) is 0 Å². The number of amides is 17. The van der Waals surface area contributed by atoms with Crippen molar-refractivity contribution in [2.45, 2.75) is 194 Å². The van der Waals surface area contributed by atoms with Crippen LogP contribution in [0.1, 0.15) is 128 Å². The van der Waals surface area contributed by atoms with Crippen LogP contribution in [0.5, 0.6) is 0 Å². The van der Waals surface area contributed by atoms with Gasteiger partial charge in [-0.3, -0.25) is 101 Å². The van der Waals surface area contributed by atoms with Crippen molar-refractivity contribution >= 4 is 124 Å². The smallest absolute Gasteiger partial charge is 0.303 e. The standard InChI is InChI=1S/C68H100N18O23S/c1-3-12-39(61(70)102)81-65(106)41(15-7-10-29-71-49(89)17-5-4-16-48-60-47(37-110-48)75-38(2)76-60)79-52(92)33-74-64(105)45(35-87)84-66(107)42(13-6-9-28-69)83-68(109)46(36-88)80-53(93)34-73-63(104)40(82-67(108)44(19-25-59(100)101)78-51(91)27-32-86-56(96)22-23-57(86)97)14-8-11-30-72-62(103)43(18-24-58(98)99)77-50(90)26-31-85-54(94)20-21-55(85)95/h1,20-23,39-48,60,75-76,87-88H,2,4-19,24-37,69H2,(H2,70,102)(H,71,89)(H,72,103)(H,73,104)(H,74,105)(H,77,90)(H,78,91)(H,79,92)(H,80,93)(H,81,106)(H,82,108)(H,83,109)(H,84,107)(H,98,99)(H,100,101)/t39?,40?,41?,42?,43?,44?,45?,46?,47-,48-,60-/m1/s1. The Morgan fingerprint density at radius 1 is 0.482 bits per heavy atom. The second-order valence-electron chi connectivity index (χ2n) is 26.0. The molecule has 606 valence electrons. The molecule has 42 heteroatoms. The number of aliphatic hydroxyl groups is 2. The number of aliphatic carboxylic acids is 2. The van der Waals surface area contributed by atoms with E-state index in [4.69, 9.17) is 17.9 Å². The molecule has 22 N–H and O–H groups in total. The number of rotatable bonds is 54. The maximum Gasteiger partial charge on any atom is 0.303 e. The Morgan fingerprint density at radius 3 is 1.36 bits per heavy atom. The van der Waals surface area contributed by atoms with Gasteiger partial charge in [0, 0.05) is 100 Å². The highest BCUT2D eigenvalue weighted by molar-refractivity contribution is 8.00. The number of nitrogens with two attached hydrogens (primary N) is 2. The first-order valence-electron chi connectivity index (χ1n) is 35.9. The van der Waals surface area contributed by atoms with E-state index < -0.39 is 226 Å². The number of carbonyl (C=O) groups is 19. The normalized spacial score (nSPS) is 17.5. The molecule has 0 aromatic rings. The molecule has 2 fully saturated rings. The number of hydrogen-bond acceptors (Lipinski definition) is 25. The van der Waals surface area contributed by atoms with Gasteiger partial charge in [0.15, 0.2) is 0 Å². The molecule has 4 rings (SSSR count). The van der Waals surface area contributed by atoms with Gasteiger partial charge in [0.2, 0.25) is 76.8 Å². The van der Waals surface area contributed by atoms with E-state index in [1.165, 1.54) is 0 Å². The van der Waals surface area contributed by atoms with E-state index in [0.717, 1.165) is 58.5 Å². The highest BCUT2D eigenvalue weighted by Crippen LogP contribution is 2.34. The summed E-state index contributed by atoms with van der Waals surface area (Å²) in [5.74, 6) is -13.8. The van der Waals surface area contributed by atoms with E-state index in [-0.39, 0.29) is 83.5 Å². The number of fused-ring (bicyclic) bond motifs is 1. The van der Waals surface area contributed by atoms with Gasteiger partial charge in [0.05, 0.1) is 44.2 Å². The maximum atomic E-state index is 14.0. The molecule has 4 aliphatic heterocycles. The molecule has 0 aromatic heterocycles. The molecule has 2 saturated heterocycles. The Balaban J connectivity index is 1.37. The molecule has 0 spiro atoms. The highest BCUT2D eigenvalue weighted by atomic mass is 32.2. The molecule has 11 atom stereocenters. The fourth-order valence-electron chi connectivity index (χ4n) is 11.5. The van der Waals surface area contributed by atoms with Gasteiger partial charge < -0.3 is 106 Å². The quantitative estimate of drug-likeness (QED) is 0.0153. The Bertz CT molecular complexity index is 3440. The number of imide groups is 2. The Kier molecular flexibility index (Phi) is 40.2. The van der Waals surface area contributed by atoms with Crippen molar-refractivity contribution in [1.82, 2.24) is 84.2 Å². The zero-order chi connectivity index (χ0) is 81.4. The van der Waals surface area contributed by atoms with Gasteiger partial charge in [-0.2, -0.15) is 11.8 Å². The lowest BCUT2D eigenvalue weighted by Crippen LogP contribution is -2.59. The summed E-state index contributed by atoms with van der Waals surface area (Å²) >= 11 is 1.88. The Morgan fingerprint density at radius 2 is 0.882 bits per heavy atom. The topological polar surface area (TPSA) is 632 Å². The summed E-state index contributed by atoms with van der Waals surface area (Å²) in [6.45, 7) is -0.717. The van der Waals surface area contributed by atoms with Crippen LogP contribution in [0.2, 0.25) is 0 Å². The lowest BCUT2D eigenvalue weighted by molar-refractivity contribution is -0.140. The predicted molar refractivity (Wildman–Crippen MR) is 387 cm³/mol. The van der Waals surface area contributed by atoms with Crippen LogP contribution in [0.25, 0.3) is 0 Å². The van der Waals surface area contributed by atoms with Gasteiger partial charge in [-0.1, -0.05) is 13.0 Å². The molecular formula is C68H100N18O23S. The van der Waals surface area contributed by atoms with Crippen molar-refractivity contribution in [3.8, 4) is 12.3 Å². The molecule has 0 radical (unpaired) electrons. The monoisotopic (exact) mass is 1570 g/mol. The third-order valence-electron chi connectivity index (χ3n) is 17.5. The SMILES string of the molecule is C#CCC(NC(=O)C(CCCCNC(=O)CCCC[C@H]1SC[C@H]2NC(=C)N[C@H]21)NC(=O)CNC(=O)C(CO)NC(=O)C(CCCCN)NC(=O)C(CO)NC(=O)CNC(=O)C(CCCCNC(=O)C(CCC(=O)O)NC(=O)CCN1C(=O)C=CC1=O)NC(=O)C(CCC(=O)O)NC(=O)CCN1C(=O)C=CC1=O)C(N)=O. The molecule has 0 aliphatic carbocycles. The molecule has 4 aliphatic rings. The number of unbranched alkanes of at least 4 members (excludes halogenated alkanes) is 4. The van der Waals surface area contributed by atoms with Crippen LogP contribution in [0.3, 0.4) is 0 Å². The number of primary amides is 1. The summed E-state index contributed by atoms with van der Waals surface area (Å²) in [5.41, 5.74) is 11.1. The Labute approximate surface area is 636 Å². The van der Waals surface area contributed by atoms with E-state index in [0.29, 0.717) is 43.0 Å². The van der Waals surface area contributed by atoms with Gasteiger partial charge in [-0.25, -0.2) is 0 Å². The number of nitrogens with one attached hydrogen (secondary N) is 14. The minimum atomic E-state index is -1.86. The average molecular weight is 1570 g/mol. The molecule has 0 saturated carbocycles. The van der Waals surface area contributed by atoms with E-state index in [1.807, 2.05) is 11.8 Å². The predicted octanol–water partition coefficient (Wildman–Crippen LogP) is -8.27. The van der Waals surface area contributed by atoms with Crippen molar-refractivity contribution in [2.75, 3.05) is 64.8 Å². The van der Waals surface area contributed by atoms with Crippen molar-refractivity contribution in [1.29, 1.82) is 0 Å².